The van der Waals surface area contributed by atoms with Crippen molar-refractivity contribution in [1.29, 1.82) is 0 Å². The summed E-state index contributed by atoms with van der Waals surface area (Å²) in [6.45, 7) is 1.74. The summed E-state index contributed by atoms with van der Waals surface area (Å²) in [6, 6.07) is 5.21. The van der Waals surface area contributed by atoms with Crippen LogP contribution >= 0.6 is 0 Å². The number of esters is 1. The van der Waals surface area contributed by atoms with Crippen molar-refractivity contribution >= 4 is 17.5 Å². The number of Topliss-reactive ketones (excluding diaryl/α,β-unsaturated/α-hetero) is 2. The maximum absolute atomic E-state index is 12.4. The number of fused-ring (bicyclic) bond motifs is 1. The maximum atomic E-state index is 12.4. The summed E-state index contributed by atoms with van der Waals surface area (Å²) in [4.78, 5) is 35.8. The van der Waals surface area contributed by atoms with Crippen LogP contribution in [-0.2, 0) is 20.7 Å². The normalized spacial score (nSPS) is 17.3. The molecule has 0 saturated carbocycles. The molecule has 0 aromatic heterocycles. The standard InChI is InChI=1S/C15H16O5/c1-3-20-15(18)14(17)11-7-5-9-4-6-10(19-2)8-12(9)13(11)16/h4,6,8,11H,3,5,7H2,1-2H3. The van der Waals surface area contributed by atoms with E-state index in [-0.39, 0.29) is 12.4 Å². The lowest BCUT2D eigenvalue weighted by Crippen LogP contribution is -2.35. The van der Waals surface area contributed by atoms with E-state index in [4.69, 9.17) is 4.74 Å². The minimum atomic E-state index is -0.936. The molecule has 0 N–H and O–H groups in total. The topological polar surface area (TPSA) is 69.7 Å². The number of ether oxygens (including phenoxy) is 2. The van der Waals surface area contributed by atoms with E-state index in [0.717, 1.165) is 5.56 Å². The molecule has 106 valence electrons. The van der Waals surface area contributed by atoms with Gasteiger partial charge in [-0.2, -0.15) is 0 Å². The van der Waals surface area contributed by atoms with Gasteiger partial charge in [-0.25, -0.2) is 4.79 Å². The highest BCUT2D eigenvalue weighted by molar-refractivity contribution is 6.39. The summed E-state index contributed by atoms with van der Waals surface area (Å²) in [5, 5.41) is 0. The van der Waals surface area contributed by atoms with Crippen molar-refractivity contribution in [3.63, 3.8) is 0 Å². The van der Waals surface area contributed by atoms with Crippen molar-refractivity contribution in [1.82, 2.24) is 0 Å². The number of carbonyl (C=O) groups excluding carboxylic acids is 3. The Balaban J connectivity index is 2.26. The second-order valence-electron chi connectivity index (χ2n) is 4.56. The Morgan fingerprint density at radius 2 is 2.10 bits per heavy atom. The number of hydrogen-bond donors (Lipinski definition) is 0. The van der Waals surface area contributed by atoms with E-state index in [9.17, 15) is 14.4 Å². The van der Waals surface area contributed by atoms with Crippen molar-refractivity contribution in [3.8, 4) is 5.75 Å². The van der Waals surface area contributed by atoms with Crippen LogP contribution in [0.5, 0.6) is 5.75 Å². The third-order valence-electron chi connectivity index (χ3n) is 3.39. The number of hydrogen-bond acceptors (Lipinski definition) is 5. The number of benzene rings is 1. The van der Waals surface area contributed by atoms with Crippen LogP contribution in [0.4, 0.5) is 0 Å². The van der Waals surface area contributed by atoms with Gasteiger partial charge in [0, 0.05) is 5.56 Å². The fraction of sp³-hybridized carbons (Fsp3) is 0.400. The minimum Gasteiger partial charge on any atom is -0.497 e. The van der Waals surface area contributed by atoms with Gasteiger partial charge in [0.25, 0.3) is 5.78 Å². The molecule has 1 unspecified atom stereocenters. The van der Waals surface area contributed by atoms with Crippen molar-refractivity contribution in [2.24, 2.45) is 5.92 Å². The molecule has 2 rings (SSSR count). The molecule has 5 nitrogen and oxygen atoms in total. The van der Waals surface area contributed by atoms with Gasteiger partial charge in [-0.1, -0.05) is 6.07 Å². The molecule has 0 amide bonds. The number of rotatable bonds is 4. The van der Waals surface area contributed by atoms with Gasteiger partial charge >= 0.3 is 5.97 Å². The molecule has 0 bridgehead atoms. The van der Waals surface area contributed by atoms with Crippen LogP contribution in [0.2, 0.25) is 0 Å². The Bertz CT molecular complexity index is 561. The number of methoxy groups -OCH3 is 1. The van der Waals surface area contributed by atoms with Crippen LogP contribution in [0.15, 0.2) is 18.2 Å². The van der Waals surface area contributed by atoms with E-state index in [2.05, 4.69) is 4.74 Å². The molecule has 1 atom stereocenters. The maximum Gasteiger partial charge on any atom is 0.375 e. The predicted molar refractivity (Wildman–Crippen MR) is 70.8 cm³/mol. The van der Waals surface area contributed by atoms with E-state index in [1.165, 1.54) is 7.11 Å². The first kappa shape index (κ1) is 14.2. The minimum absolute atomic E-state index is 0.121. The predicted octanol–water partition coefficient (Wildman–Crippen LogP) is 1.57. The average Bonchev–Trinajstić information content (AvgIpc) is 2.47. The molecule has 0 saturated heterocycles. The SMILES string of the molecule is CCOC(=O)C(=O)C1CCc2ccc(OC)cc2C1=O. The van der Waals surface area contributed by atoms with E-state index in [1.54, 1.807) is 19.1 Å². The number of aryl methyl sites for hydroxylation is 1. The second-order valence-corrected chi connectivity index (χ2v) is 4.56. The molecule has 1 aliphatic carbocycles. The lowest BCUT2D eigenvalue weighted by atomic mass is 9.80. The highest BCUT2D eigenvalue weighted by Crippen LogP contribution is 2.29. The van der Waals surface area contributed by atoms with Crippen LogP contribution in [-0.4, -0.2) is 31.3 Å². The lowest BCUT2D eigenvalue weighted by Gasteiger charge is -2.22. The lowest BCUT2D eigenvalue weighted by molar-refractivity contribution is -0.154. The molecule has 1 aromatic carbocycles. The van der Waals surface area contributed by atoms with Gasteiger partial charge in [-0.3, -0.25) is 9.59 Å². The molecular weight excluding hydrogens is 260 g/mol. The molecule has 20 heavy (non-hydrogen) atoms. The summed E-state index contributed by atoms with van der Waals surface area (Å²) in [6.07, 6.45) is 0.927. The van der Waals surface area contributed by atoms with E-state index >= 15 is 0 Å². The van der Waals surface area contributed by atoms with Crippen molar-refractivity contribution in [2.45, 2.75) is 19.8 Å². The summed E-state index contributed by atoms with van der Waals surface area (Å²) in [7, 11) is 1.51. The summed E-state index contributed by atoms with van der Waals surface area (Å²) < 4.78 is 9.75. The third-order valence-corrected chi connectivity index (χ3v) is 3.39. The second kappa shape index (κ2) is 5.86. The Hall–Kier alpha value is -2.17. The van der Waals surface area contributed by atoms with Crippen LogP contribution < -0.4 is 4.74 Å². The molecule has 1 aromatic rings. The number of carbonyl (C=O) groups is 3. The first-order valence-corrected chi connectivity index (χ1v) is 6.50. The Morgan fingerprint density at radius 1 is 1.35 bits per heavy atom. The molecular formula is C15H16O5. The van der Waals surface area contributed by atoms with Gasteiger partial charge in [-0.15, -0.1) is 0 Å². The smallest absolute Gasteiger partial charge is 0.375 e. The fourth-order valence-corrected chi connectivity index (χ4v) is 2.34. The van der Waals surface area contributed by atoms with Crippen molar-refractivity contribution < 1.29 is 23.9 Å². The highest BCUT2D eigenvalue weighted by Gasteiger charge is 2.36. The summed E-state index contributed by atoms with van der Waals surface area (Å²) in [5.41, 5.74) is 1.34. The number of ketones is 2. The Kier molecular flexibility index (Phi) is 4.17. The molecule has 0 heterocycles. The van der Waals surface area contributed by atoms with Crippen molar-refractivity contribution in [2.75, 3.05) is 13.7 Å². The zero-order valence-corrected chi connectivity index (χ0v) is 11.5. The fourth-order valence-electron chi connectivity index (χ4n) is 2.34. The molecule has 0 aliphatic heterocycles. The van der Waals surface area contributed by atoms with Gasteiger partial charge in [0.2, 0.25) is 0 Å². The van der Waals surface area contributed by atoms with Gasteiger partial charge in [0.15, 0.2) is 5.78 Å². The van der Waals surface area contributed by atoms with Gasteiger partial charge in [0.1, 0.15) is 5.75 Å². The Labute approximate surface area is 116 Å². The first-order valence-electron chi connectivity index (χ1n) is 6.50. The quantitative estimate of drug-likeness (QED) is 0.474. The zero-order chi connectivity index (χ0) is 14.7. The molecule has 1 aliphatic rings. The third kappa shape index (κ3) is 2.57. The van der Waals surface area contributed by atoms with Crippen LogP contribution in [0, 0.1) is 5.92 Å². The van der Waals surface area contributed by atoms with E-state index < -0.39 is 17.7 Å². The monoisotopic (exact) mass is 276 g/mol. The van der Waals surface area contributed by atoms with Crippen molar-refractivity contribution in [3.05, 3.63) is 29.3 Å². The summed E-state index contributed by atoms with van der Waals surface area (Å²) >= 11 is 0. The van der Waals surface area contributed by atoms with Crippen LogP contribution in [0.3, 0.4) is 0 Å². The molecule has 0 spiro atoms. The largest absolute Gasteiger partial charge is 0.497 e. The highest BCUT2D eigenvalue weighted by atomic mass is 16.5. The van der Waals surface area contributed by atoms with Gasteiger partial charge in [0.05, 0.1) is 19.6 Å². The summed E-state index contributed by atoms with van der Waals surface area (Å²) in [5.74, 6) is -2.40. The van der Waals surface area contributed by atoms with E-state index in [0.29, 0.717) is 24.2 Å². The average molecular weight is 276 g/mol. The first-order chi connectivity index (χ1) is 9.58. The molecule has 0 fully saturated rings. The molecule has 0 radical (unpaired) electrons. The van der Waals surface area contributed by atoms with Gasteiger partial charge in [-0.05, 0) is 37.5 Å². The Morgan fingerprint density at radius 3 is 2.75 bits per heavy atom. The zero-order valence-electron chi connectivity index (χ0n) is 11.5. The van der Waals surface area contributed by atoms with Gasteiger partial charge < -0.3 is 9.47 Å². The van der Waals surface area contributed by atoms with E-state index in [1.807, 2.05) is 6.07 Å². The van der Waals surface area contributed by atoms with Crippen LogP contribution in [0.25, 0.3) is 0 Å². The molecule has 5 heteroatoms. The van der Waals surface area contributed by atoms with Crippen LogP contribution in [0.1, 0.15) is 29.3 Å².